The summed E-state index contributed by atoms with van der Waals surface area (Å²) in [4.78, 5) is 7.60. The molecule has 1 unspecified atom stereocenters. The molecule has 5 heteroatoms. The molecule has 1 atom stereocenters. The second-order valence-corrected chi connectivity index (χ2v) is 6.66. The van der Waals surface area contributed by atoms with E-state index in [0.717, 1.165) is 10.3 Å². The minimum absolute atomic E-state index is 0.259. The molecule has 96 valence electrons. The molecule has 2 N–H and O–H groups in total. The minimum Gasteiger partial charge on any atom is -0.329 e. The molecule has 0 aliphatic carbocycles. The first kappa shape index (κ1) is 13.7. The SMILES string of the molecule is CN(Cc1ccncc1)C(CN)c1ccc(Br)s1. The highest BCUT2D eigenvalue weighted by Gasteiger charge is 2.17. The highest BCUT2D eigenvalue weighted by Crippen LogP contribution is 2.30. The lowest BCUT2D eigenvalue weighted by atomic mass is 10.2. The van der Waals surface area contributed by atoms with Crippen LogP contribution in [0.2, 0.25) is 0 Å². The topological polar surface area (TPSA) is 42.2 Å². The van der Waals surface area contributed by atoms with Crippen molar-refractivity contribution in [2.24, 2.45) is 5.73 Å². The number of nitrogens with zero attached hydrogens (tertiary/aromatic N) is 2. The summed E-state index contributed by atoms with van der Waals surface area (Å²) >= 11 is 5.24. The van der Waals surface area contributed by atoms with Crippen molar-refractivity contribution in [3.63, 3.8) is 0 Å². The van der Waals surface area contributed by atoms with Crippen LogP contribution in [-0.4, -0.2) is 23.5 Å². The Kier molecular flexibility index (Phi) is 4.88. The van der Waals surface area contributed by atoms with Gasteiger partial charge in [0, 0.05) is 30.4 Å². The van der Waals surface area contributed by atoms with E-state index in [9.17, 15) is 0 Å². The van der Waals surface area contributed by atoms with E-state index in [4.69, 9.17) is 5.73 Å². The smallest absolute Gasteiger partial charge is 0.0702 e. The van der Waals surface area contributed by atoms with Gasteiger partial charge in [0.05, 0.1) is 9.83 Å². The number of likely N-dealkylation sites (N-methyl/N-ethyl adjacent to an activating group) is 1. The van der Waals surface area contributed by atoms with Crippen molar-refractivity contribution in [1.29, 1.82) is 0 Å². The van der Waals surface area contributed by atoms with E-state index in [2.05, 4.69) is 45.0 Å². The lowest BCUT2D eigenvalue weighted by Gasteiger charge is -2.26. The molecule has 0 aromatic carbocycles. The van der Waals surface area contributed by atoms with Crippen molar-refractivity contribution >= 4 is 27.3 Å². The number of pyridine rings is 1. The number of hydrogen-bond acceptors (Lipinski definition) is 4. The van der Waals surface area contributed by atoms with E-state index in [-0.39, 0.29) is 6.04 Å². The molecule has 0 saturated carbocycles. The molecule has 0 radical (unpaired) electrons. The summed E-state index contributed by atoms with van der Waals surface area (Å²) in [5.41, 5.74) is 7.16. The van der Waals surface area contributed by atoms with Crippen LogP contribution >= 0.6 is 27.3 Å². The molecule has 0 aliphatic heterocycles. The summed E-state index contributed by atoms with van der Waals surface area (Å²) in [6.07, 6.45) is 3.64. The monoisotopic (exact) mass is 325 g/mol. The predicted octanol–water partition coefficient (Wildman–Crippen LogP) is 3.04. The van der Waals surface area contributed by atoms with Crippen LogP contribution in [0.5, 0.6) is 0 Å². The van der Waals surface area contributed by atoms with Gasteiger partial charge < -0.3 is 5.73 Å². The van der Waals surface area contributed by atoms with E-state index in [1.807, 2.05) is 24.5 Å². The molecule has 0 bridgehead atoms. The van der Waals surface area contributed by atoms with Gasteiger partial charge in [-0.3, -0.25) is 9.88 Å². The second-order valence-electron chi connectivity index (χ2n) is 4.16. The Hall–Kier alpha value is -0.750. The van der Waals surface area contributed by atoms with E-state index in [1.54, 1.807) is 11.3 Å². The van der Waals surface area contributed by atoms with Gasteiger partial charge in [-0.2, -0.15) is 0 Å². The van der Waals surface area contributed by atoms with Crippen molar-refractivity contribution in [3.05, 3.63) is 50.9 Å². The Morgan fingerprint density at radius 3 is 2.61 bits per heavy atom. The third-order valence-corrected chi connectivity index (χ3v) is 4.58. The standard InChI is InChI=1S/C13H16BrN3S/c1-17(9-10-4-6-16-7-5-10)11(8-15)12-2-3-13(14)18-12/h2-7,11H,8-9,15H2,1H3. The van der Waals surface area contributed by atoms with Crippen molar-refractivity contribution < 1.29 is 0 Å². The fraction of sp³-hybridized carbons (Fsp3) is 0.308. The highest BCUT2D eigenvalue weighted by atomic mass is 79.9. The number of hydrogen-bond donors (Lipinski definition) is 1. The summed E-state index contributed by atoms with van der Waals surface area (Å²) in [6.45, 7) is 1.49. The van der Waals surface area contributed by atoms with Gasteiger partial charge in [-0.25, -0.2) is 0 Å². The van der Waals surface area contributed by atoms with E-state index >= 15 is 0 Å². The fourth-order valence-corrected chi connectivity index (χ4v) is 3.51. The molecule has 0 aliphatic rings. The van der Waals surface area contributed by atoms with Gasteiger partial charge in [0.2, 0.25) is 0 Å². The summed E-state index contributed by atoms with van der Waals surface area (Å²) in [7, 11) is 2.10. The van der Waals surface area contributed by atoms with Crippen LogP contribution < -0.4 is 5.73 Å². The summed E-state index contributed by atoms with van der Waals surface area (Å²) < 4.78 is 1.15. The number of aromatic nitrogens is 1. The zero-order valence-corrected chi connectivity index (χ0v) is 12.6. The van der Waals surface area contributed by atoms with Crippen molar-refractivity contribution in [2.45, 2.75) is 12.6 Å². The molecule has 0 spiro atoms. The third-order valence-electron chi connectivity index (χ3n) is 2.86. The first-order valence-electron chi connectivity index (χ1n) is 5.75. The van der Waals surface area contributed by atoms with Gasteiger partial charge in [0.15, 0.2) is 0 Å². The van der Waals surface area contributed by atoms with Crippen LogP contribution in [0.4, 0.5) is 0 Å². The highest BCUT2D eigenvalue weighted by molar-refractivity contribution is 9.11. The third kappa shape index (κ3) is 3.38. The first-order valence-corrected chi connectivity index (χ1v) is 7.36. The Balaban J connectivity index is 2.08. The molecule has 2 aromatic rings. The van der Waals surface area contributed by atoms with Gasteiger partial charge in [-0.05, 0) is 52.8 Å². The molecule has 18 heavy (non-hydrogen) atoms. The summed E-state index contributed by atoms with van der Waals surface area (Å²) in [6, 6.07) is 8.54. The molecular formula is C13H16BrN3S. The van der Waals surface area contributed by atoms with Crippen LogP contribution in [0.15, 0.2) is 40.4 Å². The van der Waals surface area contributed by atoms with Gasteiger partial charge in [0.1, 0.15) is 0 Å². The first-order chi connectivity index (χ1) is 8.70. The zero-order chi connectivity index (χ0) is 13.0. The molecular weight excluding hydrogens is 310 g/mol. The molecule has 0 saturated heterocycles. The lowest BCUT2D eigenvalue weighted by Crippen LogP contribution is -2.29. The average Bonchev–Trinajstić information content (AvgIpc) is 2.78. The number of halogens is 1. The molecule has 0 fully saturated rings. The molecule has 2 aromatic heterocycles. The quantitative estimate of drug-likeness (QED) is 0.918. The average molecular weight is 326 g/mol. The Bertz CT molecular complexity index is 486. The number of thiophene rings is 1. The van der Waals surface area contributed by atoms with Gasteiger partial charge >= 0.3 is 0 Å². The fourth-order valence-electron chi connectivity index (χ4n) is 1.91. The number of nitrogens with two attached hydrogens (primary N) is 1. The minimum atomic E-state index is 0.259. The number of rotatable bonds is 5. The maximum atomic E-state index is 5.91. The van der Waals surface area contributed by atoms with Crippen molar-refractivity contribution in [1.82, 2.24) is 9.88 Å². The van der Waals surface area contributed by atoms with Crippen LogP contribution in [0.1, 0.15) is 16.5 Å². The van der Waals surface area contributed by atoms with Crippen LogP contribution in [0.3, 0.4) is 0 Å². The molecule has 3 nitrogen and oxygen atoms in total. The van der Waals surface area contributed by atoms with Gasteiger partial charge in [-0.15, -0.1) is 11.3 Å². The normalized spacial score (nSPS) is 12.9. The van der Waals surface area contributed by atoms with Gasteiger partial charge in [0.25, 0.3) is 0 Å². The molecule has 2 heterocycles. The van der Waals surface area contributed by atoms with Crippen molar-refractivity contribution in [3.8, 4) is 0 Å². The second kappa shape index (κ2) is 6.43. The van der Waals surface area contributed by atoms with Crippen LogP contribution in [0, 0.1) is 0 Å². The zero-order valence-electron chi connectivity index (χ0n) is 10.2. The van der Waals surface area contributed by atoms with E-state index < -0.39 is 0 Å². The Labute approximate surface area is 120 Å². The van der Waals surface area contributed by atoms with Gasteiger partial charge in [-0.1, -0.05) is 0 Å². The summed E-state index contributed by atoms with van der Waals surface area (Å²) in [5, 5.41) is 0. The van der Waals surface area contributed by atoms with E-state index in [0.29, 0.717) is 6.54 Å². The lowest BCUT2D eigenvalue weighted by molar-refractivity contribution is 0.245. The molecule has 2 rings (SSSR count). The maximum absolute atomic E-state index is 5.91. The van der Waals surface area contributed by atoms with Crippen molar-refractivity contribution in [2.75, 3.05) is 13.6 Å². The predicted molar refractivity (Wildman–Crippen MR) is 79.5 cm³/mol. The molecule has 0 amide bonds. The van der Waals surface area contributed by atoms with Crippen LogP contribution in [-0.2, 0) is 6.54 Å². The Morgan fingerprint density at radius 1 is 1.33 bits per heavy atom. The van der Waals surface area contributed by atoms with E-state index in [1.165, 1.54) is 10.4 Å². The largest absolute Gasteiger partial charge is 0.329 e. The van der Waals surface area contributed by atoms with Crippen LogP contribution in [0.25, 0.3) is 0 Å². The summed E-state index contributed by atoms with van der Waals surface area (Å²) in [5.74, 6) is 0. The Morgan fingerprint density at radius 2 is 2.06 bits per heavy atom. The maximum Gasteiger partial charge on any atom is 0.0702 e.